The molecule has 2 unspecified atom stereocenters. The van der Waals surface area contributed by atoms with Crippen LogP contribution in [-0.2, 0) is 4.79 Å². The lowest BCUT2D eigenvalue weighted by atomic mass is 9.99. The van der Waals surface area contributed by atoms with Gasteiger partial charge in [-0.3, -0.25) is 4.79 Å². The maximum Gasteiger partial charge on any atom is 0.224 e. The van der Waals surface area contributed by atoms with Crippen LogP contribution in [0.2, 0.25) is 0 Å². The van der Waals surface area contributed by atoms with Crippen molar-refractivity contribution in [1.29, 1.82) is 0 Å². The fraction of sp³-hybridized carbons (Fsp3) is 0.533. The summed E-state index contributed by atoms with van der Waals surface area (Å²) in [5.41, 5.74) is 7.01. The van der Waals surface area contributed by atoms with E-state index in [9.17, 15) is 4.79 Å². The van der Waals surface area contributed by atoms with Crippen molar-refractivity contribution in [3.05, 3.63) is 17.7 Å². The Balaban J connectivity index is 2.53. The van der Waals surface area contributed by atoms with E-state index >= 15 is 0 Å². The Labute approximate surface area is 124 Å². The molecule has 1 amide bonds. The van der Waals surface area contributed by atoms with Crippen molar-refractivity contribution in [2.75, 3.05) is 27.9 Å². The van der Waals surface area contributed by atoms with Crippen LogP contribution in [0.1, 0.15) is 24.9 Å². The van der Waals surface area contributed by atoms with Crippen molar-refractivity contribution in [2.24, 2.45) is 5.73 Å². The number of likely N-dealkylation sites (N-methyl/N-ethyl adjacent to an activating group) is 1. The van der Waals surface area contributed by atoms with E-state index < -0.39 is 0 Å². The summed E-state index contributed by atoms with van der Waals surface area (Å²) in [6, 6.07) is 3.13. The Hall–Kier alpha value is -1.95. The average Bonchev–Trinajstić information content (AvgIpc) is 2.79. The highest BCUT2D eigenvalue weighted by Crippen LogP contribution is 2.42. The quantitative estimate of drug-likeness (QED) is 0.887. The zero-order valence-electron chi connectivity index (χ0n) is 12.9. The molecular formula is C15H22N2O4. The van der Waals surface area contributed by atoms with E-state index in [-0.39, 0.29) is 18.0 Å². The number of amides is 1. The third-order valence-corrected chi connectivity index (χ3v) is 3.87. The van der Waals surface area contributed by atoms with Crippen LogP contribution in [0.25, 0.3) is 0 Å². The Bertz CT molecular complexity index is 533. The molecule has 2 atom stereocenters. The van der Waals surface area contributed by atoms with Crippen LogP contribution in [0.15, 0.2) is 12.1 Å². The maximum absolute atomic E-state index is 12.0. The third-order valence-electron chi connectivity index (χ3n) is 3.87. The number of nitrogens with two attached hydrogens (primary N) is 1. The Morgan fingerprint density at radius 2 is 1.71 bits per heavy atom. The number of likely N-dealkylation sites (tertiary alicyclic amines) is 1. The molecule has 2 N–H and O–H groups in total. The van der Waals surface area contributed by atoms with Crippen LogP contribution < -0.4 is 19.9 Å². The highest BCUT2D eigenvalue weighted by molar-refractivity contribution is 5.80. The van der Waals surface area contributed by atoms with Gasteiger partial charge in [0, 0.05) is 30.6 Å². The summed E-state index contributed by atoms with van der Waals surface area (Å²) in [6.07, 6.45) is 0.343. The second kappa shape index (κ2) is 6.22. The molecule has 0 aromatic heterocycles. The number of rotatable bonds is 5. The Morgan fingerprint density at radius 3 is 2.24 bits per heavy atom. The predicted molar refractivity (Wildman–Crippen MR) is 78.8 cm³/mol. The number of hydrogen-bond donors (Lipinski definition) is 1. The van der Waals surface area contributed by atoms with E-state index in [4.69, 9.17) is 19.9 Å². The summed E-state index contributed by atoms with van der Waals surface area (Å²) >= 11 is 0. The van der Waals surface area contributed by atoms with Gasteiger partial charge in [-0.25, -0.2) is 0 Å². The van der Waals surface area contributed by atoms with Crippen molar-refractivity contribution >= 4 is 5.91 Å². The molecule has 1 aliphatic heterocycles. The predicted octanol–water partition coefficient (Wildman–Crippen LogP) is 1.33. The molecule has 116 valence electrons. The lowest BCUT2D eigenvalue weighted by Crippen LogP contribution is -2.33. The molecule has 0 spiro atoms. The van der Waals surface area contributed by atoms with Crippen molar-refractivity contribution in [2.45, 2.75) is 25.4 Å². The highest BCUT2D eigenvalue weighted by atomic mass is 16.5. The third kappa shape index (κ3) is 2.63. The van der Waals surface area contributed by atoms with Crippen molar-refractivity contribution in [3.63, 3.8) is 0 Å². The van der Waals surface area contributed by atoms with E-state index in [1.54, 1.807) is 32.3 Å². The molecule has 0 bridgehead atoms. The van der Waals surface area contributed by atoms with Crippen LogP contribution in [0, 0.1) is 0 Å². The minimum Gasteiger partial charge on any atom is -0.496 e. The summed E-state index contributed by atoms with van der Waals surface area (Å²) in [4.78, 5) is 13.8. The van der Waals surface area contributed by atoms with Gasteiger partial charge in [0.15, 0.2) is 11.5 Å². The number of nitrogens with zero attached hydrogens (tertiary/aromatic N) is 1. The van der Waals surface area contributed by atoms with Gasteiger partial charge in [0.05, 0.1) is 27.4 Å². The number of benzene rings is 1. The fourth-order valence-corrected chi connectivity index (χ4v) is 2.87. The highest BCUT2D eigenvalue weighted by Gasteiger charge is 2.39. The summed E-state index contributed by atoms with van der Waals surface area (Å²) in [6.45, 7) is 2.55. The molecule has 2 rings (SSSR count). The van der Waals surface area contributed by atoms with E-state index in [1.165, 1.54) is 0 Å². The topological polar surface area (TPSA) is 74.0 Å². The minimum absolute atomic E-state index is 0.0619. The van der Waals surface area contributed by atoms with Crippen LogP contribution >= 0.6 is 0 Å². The Morgan fingerprint density at radius 1 is 1.14 bits per heavy atom. The van der Waals surface area contributed by atoms with Crippen molar-refractivity contribution < 1.29 is 19.0 Å². The van der Waals surface area contributed by atoms with Gasteiger partial charge in [0.2, 0.25) is 5.91 Å². The molecule has 1 heterocycles. The zero-order valence-corrected chi connectivity index (χ0v) is 12.9. The summed E-state index contributed by atoms with van der Waals surface area (Å²) in [5.74, 6) is 1.88. The number of carbonyl (C=O) groups excluding carboxylic acids is 1. The van der Waals surface area contributed by atoms with Gasteiger partial charge in [-0.05, 0) is 13.0 Å². The van der Waals surface area contributed by atoms with Gasteiger partial charge in [0.25, 0.3) is 0 Å². The maximum atomic E-state index is 12.0. The molecule has 1 aliphatic rings. The fourth-order valence-electron chi connectivity index (χ4n) is 2.87. The first-order valence-corrected chi connectivity index (χ1v) is 6.92. The standard InChI is InChI=1S/C15H22N2O4/c1-5-17-14(18)7-10(16)15(17)9-6-12(20-3)13(21-4)8-11(9)19-2/h6,8,10,15H,5,7,16H2,1-4H3. The second-order valence-corrected chi connectivity index (χ2v) is 4.94. The molecule has 1 aromatic carbocycles. The van der Waals surface area contributed by atoms with E-state index in [1.807, 2.05) is 13.0 Å². The van der Waals surface area contributed by atoms with Gasteiger partial charge in [0.1, 0.15) is 5.75 Å². The molecule has 1 aromatic rings. The average molecular weight is 294 g/mol. The number of methoxy groups -OCH3 is 3. The number of carbonyl (C=O) groups is 1. The summed E-state index contributed by atoms with van der Waals surface area (Å²) < 4.78 is 16.1. The van der Waals surface area contributed by atoms with Gasteiger partial charge >= 0.3 is 0 Å². The van der Waals surface area contributed by atoms with Crippen LogP contribution in [-0.4, -0.2) is 44.7 Å². The summed E-state index contributed by atoms with van der Waals surface area (Å²) in [5, 5.41) is 0. The SMILES string of the molecule is CCN1C(=O)CC(N)C1c1cc(OC)c(OC)cc1OC. The number of hydrogen-bond acceptors (Lipinski definition) is 5. The normalized spacial score (nSPS) is 21.6. The monoisotopic (exact) mass is 294 g/mol. The molecule has 1 fully saturated rings. The minimum atomic E-state index is -0.260. The first kappa shape index (κ1) is 15.4. The van der Waals surface area contributed by atoms with Crippen molar-refractivity contribution in [3.8, 4) is 17.2 Å². The molecule has 0 aliphatic carbocycles. The first-order valence-electron chi connectivity index (χ1n) is 6.92. The van der Waals surface area contributed by atoms with E-state index in [0.717, 1.165) is 5.56 Å². The molecule has 0 saturated carbocycles. The molecule has 6 nitrogen and oxygen atoms in total. The van der Waals surface area contributed by atoms with E-state index in [2.05, 4.69) is 0 Å². The molecule has 0 radical (unpaired) electrons. The smallest absolute Gasteiger partial charge is 0.224 e. The Kier molecular flexibility index (Phi) is 4.57. The molecular weight excluding hydrogens is 272 g/mol. The molecule has 6 heteroatoms. The van der Waals surface area contributed by atoms with Crippen LogP contribution in [0.4, 0.5) is 0 Å². The van der Waals surface area contributed by atoms with Gasteiger partial charge < -0.3 is 24.8 Å². The lowest BCUT2D eigenvalue weighted by molar-refractivity contribution is -0.128. The molecule has 21 heavy (non-hydrogen) atoms. The van der Waals surface area contributed by atoms with Crippen molar-refractivity contribution in [1.82, 2.24) is 4.90 Å². The summed E-state index contributed by atoms with van der Waals surface area (Å²) in [7, 11) is 4.73. The zero-order chi connectivity index (χ0) is 15.6. The van der Waals surface area contributed by atoms with Crippen LogP contribution in [0.3, 0.4) is 0 Å². The molecule has 1 saturated heterocycles. The van der Waals surface area contributed by atoms with Gasteiger partial charge in [-0.2, -0.15) is 0 Å². The number of ether oxygens (including phenoxy) is 3. The van der Waals surface area contributed by atoms with Gasteiger partial charge in [-0.1, -0.05) is 0 Å². The van der Waals surface area contributed by atoms with E-state index in [0.29, 0.717) is 30.2 Å². The van der Waals surface area contributed by atoms with Gasteiger partial charge in [-0.15, -0.1) is 0 Å². The van der Waals surface area contributed by atoms with Crippen LogP contribution in [0.5, 0.6) is 17.2 Å². The lowest BCUT2D eigenvalue weighted by Gasteiger charge is -2.28. The first-order chi connectivity index (χ1) is 10.1. The largest absolute Gasteiger partial charge is 0.496 e. The second-order valence-electron chi connectivity index (χ2n) is 4.94.